The second-order valence-corrected chi connectivity index (χ2v) is 7.19. The molecule has 0 saturated carbocycles. The fraction of sp³-hybridized carbons (Fsp3) is 0.421. The molecule has 3 amide bonds. The first-order chi connectivity index (χ1) is 15.0. The number of carboxylic acids is 2. The van der Waals surface area contributed by atoms with Crippen LogP contribution in [0, 0.1) is 0 Å². The molecule has 3 unspecified atom stereocenters. The number of nitrogens with two attached hydrogens (primary N) is 1. The first kappa shape index (κ1) is 26.7. The second-order valence-electron chi connectivity index (χ2n) is 6.83. The zero-order valence-corrected chi connectivity index (χ0v) is 17.9. The number of carbonyl (C=O) groups excluding carboxylic acids is 3. The lowest BCUT2D eigenvalue weighted by Crippen LogP contribution is -2.57. The topological polar surface area (TPSA) is 208 Å². The molecule has 0 aliphatic rings. The normalized spacial score (nSPS) is 13.3. The highest BCUT2D eigenvalue weighted by atomic mass is 32.1. The summed E-state index contributed by atoms with van der Waals surface area (Å²) in [4.78, 5) is 58.6. The molecule has 8 N–H and O–H groups in total. The molecular formula is C19H26N4O8S. The zero-order chi connectivity index (χ0) is 24.3. The monoisotopic (exact) mass is 470 g/mol. The Hall–Kier alpha value is -3.32. The molecule has 3 atom stereocenters. The van der Waals surface area contributed by atoms with Crippen LogP contribution in [-0.4, -0.2) is 75.4 Å². The Labute approximate surface area is 189 Å². The molecule has 0 aliphatic carbocycles. The van der Waals surface area contributed by atoms with Crippen molar-refractivity contribution < 1.29 is 39.3 Å². The van der Waals surface area contributed by atoms with Gasteiger partial charge in [0.2, 0.25) is 17.7 Å². The SMILES string of the molecule is NC(CCC(=O)O)C(=O)NC(Cc1ccc(O)cc1)C(=O)NC(CS)C(=O)NCC(=O)O. The molecule has 0 spiro atoms. The number of phenolic OH excluding ortho intramolecular Hbond substituents is 1. The number of aliphatic carboxylic acids is 2. The van der Waals surface area contributed by atoms with E-state index in [0.29, 0.717) is 5.56 Å². The number of nitrogens with one attached hydrogen (secondary N) is 3. The Kier molecular flexibility index (Phi) is 11.0. The molecule has 0 saturated heterocycles. The second kappa shape index (κ2) is 13.2. The Morgan fingerprint density at radius 2 is 1.50 bits per heavy atom. The summed E-state index contributed by atoms with van der Waals surface area (Å²) in [7, 11) is 0. The lowest BCUT2D eigenvalue weighted by molar-refractivity contribution is -0.139. The van der Waals surface area contributed by atoms with Crippen LogP contribution >= 0.6 is 12.6 Å². The van der Waals surface area contributed by atoms with Crippen LogP contribution in [0.4, 0.5) is 0 Å². The minimum absolute atomic E-state index is 0.000260. The van der Waals surface area contributed by atoms with Crippen molar-refractivity contribution in [2.24, 2.45) is 5.73 Å². The predicted octanol–water partition coefficient (Wildman–Crippen LogP) is -1.77. The molecule has 32 heavy (non-hydrogen) atoms. The number of amides is 3. The summed E-state index contributed by atoms with van der Waals surface area (Å²) < 4.78 is 0. The number of thiol groups is 1. The van der Waals surface area contributed by atoms with Crippen LogP contribution < -0.4 is 21.7 Å². The summed E-state index contributed by atoms with van der Waals surface area (Å²) in [6.07, 6.45) is -0.514. The highest BCUT2D eigenvalue weighted by Crippen LogP contribution is 2.12. The number of rotatable bonds is 13. The molecule has 13 heteroatoms. The molecule has 12 nitrogen and oxygen atoms in total. The van der Waals surface area contributed by atoms with E-state index >= 15 is 0 Å². The van der Waals surface area contributed by atoms with Gasteiger partial charge in [-0.05, 0) is 24.1 Å². The van der Waals surface area contributed by atoms with Crippen molar-refractivity contribution >= 4 is 42.3 Å². The molecule has 1 aromatic carbocycles. The Morgan fingerprint density at radius 1 is 0.906 bits per heavy atom. The van der Waals surface area contributed by atoms with Crippen LogP contribution in [0.2, 0.25) is 0 Å². The minimum Gasteiger partial charge on any atom is -0.508 e. The molecule has 0 aromatic heterocycles. The number of hydrogen-bond acceptors (Lipinski definition) is 8. The maximum absolute atomic E-state index is 12.8. The number of hydrogen-bond donors (Lipinski definition) is 8. The summed E-state index contributed by atoms with van der Waals surface area (Å²) in [5.41, 5.74) is 6.27. The third-order valence-electron chi connectivity index (χ3n) is 4.24. The van der Waals surface area contributed by atoms with Gasteiger partial charge in [-0.15, -0.1) is 0 Å². The van der Waals surface area contributed by atoms with Crippen LogP contribution in [0.3, 0.4) is 0 Å². The quantitative estimate of drug-likeness (QED) is 0.153. The van der Waals surface area contributed by atoms with Gasteiger partial charge in [-0.25, -0.2) is 0 Å². The van der Waals surface area contributed by atoms with Crippen molar-refractivity contribution in [1.82, 2.24) is 16.0 Å². The maximum atomic E-state index is 12.8. The molecule has 1 aromatic rings. The summed E-state index contributed by atoms with van der Waals surface area (Å²) >= 11 is 3.99. The fourth-order valence-corrected chi connectivity index (χ4v) is 2.78. The van der Waals surface area contributed by atoms with Gasteiger partial charge in [0, 0.05) is 18.6 Å². The molecular weight excluding hydrogens is 444 g/mol. The lowest BCUT2D eigenvalue weighted by Gasteiger charge is -2.23. The van der Waals surface area contributed by atoms with Crippen molar-refractivity contribution in [3.63, 3.8) is 0 Å². The smallest absolute Gasteiger partial charge is 0.322 e. The van der Waals surface area contributed by atoms with Crippen molar-refractivity contribution in [3.05, 3.63) is 29.8 Å². The van der Waals surface area contributed by atoms with E-state index in [0.717, 1.165) is 0 Å². The molecule has 0 radical (unpaired) electrons. The van der Waals surface area contributed by atoms with Gasteiger partial charge in [0.15, 0.2) is 0 Å². The lowest BCUT2D eigenvalue weighted by atomic mass is 10.0. The average molecular weight is 471 g/mol. The summed E-state index contributed by atoms with van der Waals surface area (Å²) in [5.74, 6) is -4.84. The Morgan fingerprint density at radius 3 is 2.03 bits per heavy atom. The summed E-state index contributed by atoms with van der Waals surface area (Å²) in [6, 6.07) is 2.29. The van der Waals surface area contributed by atoms with E-state index in [1.54, 1.807) is 0 Å². The van der Waals surface area contributed by atoms with Gasteiger partial charge >= 0.3 is 11.9 Å². The van der Waals surface area contributed by atoms with E-state index in [-0.39, 0.29) is 30.8 Å². The van der Waals surface area contributed by atoms with Gasteiger partial charge in [0.1, 0.15) is 24.4 Å². The zero-order valence-electron chi connectivity index (χ0n) is 17.0. The highest BCUT2D eigenvalue weighted by molar-refractivity contribution is 7.80. The van der Waals surface area contributed by atoms with Crippen LogP contribution in [0.5, 0.6) is 5.75 Å². The fourth-order valence-electron chi connectivity index (χ4n) is 2.52. The van der Waals surface area contributed by atoms with Gasteiger partial charge in [-0.1, -0.05) is 12.1 Å². The van der Waals surface area contributed by atoms with Gasteiger partial charge in [-0.3, -0.25) is 24.0 Å². The molecule has 0 aliphatic heterocycles. The van der Waals surface area contributed by atoms with Gasteiger partial charge < -0.3 is 37.0 Å². The van der Waals surface area contributed by atoms with E-state index in [1.165, 1.54) is 24.3 Å². The van der Waals surface area contributed by atoms with Gasteiger partial charge in [0.25, 0.3) is 0 Å². The maximum Gasteiger partial charge on any atom is 0.322 e. The van der Waals surface area contributed by atoms with Crippen molar-refractivity contribution in [1.29, 1.82) is 0 Å². The van der Waals surface area contributed by atoms with Crippen molar-refractivity contribution in [2.45, 2.75) is 37.4 Å². The van der Waals surface area contributed by atoms with Crippen LogP contribution in [0.1, 0.15) is 18.4 Å². The Balaban J connectivity index is 2.94. The molecule has 1 rings (SSSR count). The number of benzene rings is 1. The molecule has 176 valence electrons. The van der Waals surface area contributed by atoms with E-state index in [4.69, 9.17) is 15.9 Å². The number of carboxylic acid groups (broad SMARTS) is 2. The Bertz CT molecular complexity index is 833. The van der Waals surface area contributed by atoms with Gasteiger partial charge in [-0.2, -0.15) is 12.6 Å². The highest BCUT2D eigenvalue weighted by Gasteiger charge is 2.28. The van der Waals surface area contributed by atoms with E-state index in [2.05, 4.69) is 28.6 Å². The predicted molar refractivity (Wildman–Crippen MR) is 115 cm³/mol. The summed E-state index contributed by atoms with van der Waals surface area (Å²) in [5, 5.41) is 33.8. The largest absolute Gasteiger partial charge is 0.508 e. The van der Waals surface area contributed by atoms with E-state index in [9.17, 15) is 29.1 Å². The molecule has 0 fully saturated rings. The van der Waals surface area contributed by atoms with Crippen molar-refractivity contribution in [3.8, 4) is 5.75 Å². The third-order valence-corrected chi connectivity index (χ3v) is 4.61. The molecule has 0 bridgehead atoms. The first-order valence-electron chi connectivity index (χ1n) is 9.49. The minimum atomic E-state index is -1.27. The number of carbonyl (C=O) groups is 5. The third kappa shape index (κ3) is 9.66. The summed E-state index contributed by atoms with van der Waals surface area (Å²) in [6.45, 7) is -0.648. The van der Waals surface area contributed by atoms with Crippen molar-refractivity contribution in [2.75, 3.05) is 12.3 Å². The van der Waals surface area contributed by atoms with E-state index in [1.807, 2.05) is 0 Å². The number of phenols is 1. The van der Waals surface area contributed by atoms with E-state index < -0.39 is 54.3 Å². The van der Waals surface area contributed by atoms with Gasteiger partial charge in [0.05, 0.1) is 6.04 Å². The van der Waals surface area contributed by atoms with Crippen LogP contribution in [0.15, 0.2) is 24.3 Å². The van der Waals surface area contributed by atoms with Crippen LogP contribution in [-0.2, 0) is 30.4 Å². The average Bonchev–Trinajstić information content (AvgIpc) is 2.74. The first-order valence-corrected chi connectivity index (χ1v) is 10.1. The van der Waals surface area contributed by atoms with Crippen LogP contribution in [0.25, 0.3) is 0 Å². The number of aromatic hydroxyl groups is 1. The standard InChI is InChI=1S/C19H26N4O8S/c20-12(5-6-15(25)26)17(29)22-13(7-10-1-3-11(24)4-2-10)19(31)23-14(9-32)18(30)21-8-16(27)28/h1-4,12-14,24,32H,5-9,20H2,(H,21,30)(H,22,29)(H,23,31)(H,25,26)(H,27,28). The molecule has 0 heterocycles.